The number of esters is 1. The van der Waals surface area contributed by atoms with Crippen LogP contribution in [0.2, 0.25) is 0 Å². The predicted octanol–water partition coefficient (Wildman–Crippen LogP) is 3.73. The van der Waals surface area contributed by atoms with Gasteiger partial charge in [-0.15, -0.1) is 0 Å². The van der Waals surface area contributed by atoms with Crippen LogP contribution in [0.15, 0.2) is 0 Å². The number of nitrogens with two attached hydrogens (primary N) is 1. The molecular formula is C18H38N2O2. The highest BCUT2D eigenvalue weighted by molar-refractivity contribution is 5.71. The Hall–Kier alpha value is -0.610. The van der Waals surface area contributed by atoms with Crippen LogP contribution in [0.3, 0.4) is 0 Å². The topological polar surface area (TPSA) is 55.6 Å². The number of methoxy groups -OCH3 is 1. The lowest BCUT2D eigenvalue weighted by Gasteiger charge is -2.20. The van der Waals surface area contributed by atoms with E-state index in [1.807, 2.05) is 0 Å². The predicted molar refractivity (Wildman–Crippen MR) is 94.0 cm³/mol. The summed E-state index contributed by atoms with van der Waals surface area (Å²) in [5.41, 5.74) is 5.55. The van der Waals surface area contributed by atoms with Crippen LogP contribution in [0, 0.1) is 0 Å². The molecule has 0 unspecified atom stereocenters. The molecule has 0 spiro atoms. The molecule has 0 atom stereocenters. The molecule has 0 saturated heterocycles. The summed E-state index contributed by atoms with van der Waals surface area (Å²) in [6.07, 6.45) is 14.3. The van der Waals surface area contributed by atoms with Crippen molar-refractivity contribution in [1.29, 1.82) is 0 Å². The Kier molecular flexibility index (Phi) is 16.3. The molecular weight excluding hydrogens is 276 g/mol. The van der Waals surface area contributed by atoms with E-state index in [-0.39, 0.29) is 5.97 Å². The highest BCUT2D eigenvalue weighted by Crippen LogP contribution is 2.10. The van der Waals surface area contributed by atoms with Gasteiger partial charge in [0.15, 0.2) is 0 Å². The Morgan fingerprint density at radius 3 is 1.86 bits per heavy atom. The Balaban J connectivity index is 3.52. The third kappa shape index (κ3) is 14.3. The van der Waals surface area contributed by atoms with E-state index in [2.05, 4.69) is 11.8 Å². The van der Waals surface area contributed by atoms with Gasteiger partial charge in [-0.3, -0.25) is 9.69 Å². The first-order valence-corrected chi connectivity index (χ1v) is 9.23. The van der Waals surface area contributed by atoms with Crippen LogP contribution in [-0.2, 0) is 9.53 Å². The van der Waals surface area contributed by atoms with E-state index in [1.165, 1.54) is 64.9 Å². The highest BCUT2D eigenvalue weighted by Gasteiger charge is 2.09. The molecule has 0 aliphatic carbocycles. The molecule has 0 bridgehead atoms. The van der Waals surface area contributed by atoms with Crippen LogP contribution in [0.5, 0.6) is 0 Å². The summed E-state index contributed by atoms with van der Waals surface area (Å²) in [7, 11) is 1.45. The molecule has 0 amide bonds. The van der Waals surface area contributed by atoms with Crippen molar-refractivity contribution in [3.8, 4) is 0 Å². The van der Waals surface area contributed by atoms with E-state index in [9.17, 15) is 4.79 Å². The zero-order valence-corrected chi connectivity index (χ0v) is 14.9. The second-order valence-corrected chi connectivity index (χ2v) is 6.18. The molecule has 0 radical (unpaired) electrons. The second kappa shape index (κ2) is 16.8. The van der Waals surface area contributed by atoms with E-state index < -0.39 is 0 Å². The number of hydrogen-bond acceptors (Lipinski definition) is 4. The maximum atomic E-state index is 11.4. The monoisotopic (exact) mass is 314 g/mol. The zero-order chi connectivity index (χ0) is 16.5. The summed E-state index contributed by atoms with van der Waals surface area (Å²) in [5, 5.41) is 0. The summed E-state index contributed by atoms with van der Waals surface area (Å²) in [6, 6.07) is 0. The van der Waals surface area contributed by atoms with Gasteiger partial charge in [-0.1, -0.05) is 64.7 Å². The maximum absolute atomic E-state index is 11.4. The lowest BCUT2D eigenvalue weighted by molar-refractivity contribution is -0.141. The normalized spacial score (nSPS) is 11.1. The van der Waals surface area contributed by atoms with Gasteiger partial charge in [0.05, 0.1) is 13.7 Å². The van der Waals surface area contributed by atoms with Crippen LogP contribution < -0.4 is 5.73 Å². The zero-order valence-electron chi connectivity index (χ0n) is 14.9. The lowest BCUT2D eigenvalue weighted by atomic mass is 10.1. The lowest BCUT2D eigenvalue weighted by Crippen LogP contribution is -2.33. The number of carbonyl (C=O) groups excluding carboxylic acids is 1. The van der Waals surface area contributed by atoms with Crippen molar-refractivity contribution >= 4 is 5.97 Å². The molecule has 132 valence electrons. The van der Waals surface area contributed by atoms with Gasteiger partial charge in [0.1, 0.15) is 0 Å². The maximum Gasteiger partial charge on any atom is 0.319 e. The quantitative estimate of drug-likeness (QED) is 0.348. The molecule has 0 aromatic heterocycles. The van der Waals surface area contributed by atoms with Crippen molar-refractivity contribution in [2.45, 2.75) is 77.6 Å². The molecule has 0 aliphatic heterocycles. The minimum absolute atomic E-state index is 0.149. The van der Waals surface area contributed by atoms with Crippen molar-refractivity contribution in [3.05, 3.63) is 0 Å². The summed E-state index contributed by atoms with van der Waals surface area (Å²) in [5.74, 6) is -0.149. The second-order valence-electron chi connectivity index (χ2n) is 6.18. The van der Waals surface area contributed by atoms with Crippen molar-refractivity contribution in [1.82, 2.24) is 4.90 Å². The standard InChI is InChI=1S/C18H38N2O2/c1-3-4-5-6-7-8-9-10-11-12-15-20(16-13-14-19)17-18(21)22-2/h3-17,19H2,1-2H3. The van der Waals surface area contributed by atoms with E-state index in [1.54, 1.807) is 0 Å². The van der Waals surface area contributed by atoms with Crippen LogP contribution >= 0.6 is 0 Å². The number of unbranched alkanes of at least 4 members (excludes halogenated alkanes) is 9. The van der Waals surface area contributed by atoms with Crippen LogP contribution in [0.4, 0.5) is 0 Å². The minimum Gasteiger partial charge on any atom is -0.468 e. The third-order valence-electron chi connectivity index (χ3n) is 4.09. The van der Waals surface area contributed by atoms with Gasteiger partial charge >= 0.3 is 5.97 Å². The molecule has 0 fully saturated rings. The van der Waals surface area contributed by atoms with E-state index in [0.717, 1.165) is 25.9 Å². The van der Waals surface area contributed by atoms with Crippen molar-refractivity contribution < 1.29 is 9.53 Å². The molecule has 0 aliphatic rings. The summed E-state index contributed by atoms with van der Waals surface area (Å²) < 4.78 is 4.75. The third-order valence-corrected chi connectivity index (χ3v) is 4.09. The van der Waals surface area contributed by atoms with Gasteiger partial charge in [0.25, 0.3) is 0 Å². The van der Waals surface area contributed by atoms with Gasteiger partial charge in [0, 0.05) is 0 Å². The van der Waals surface area contributed by atoms with E-state index in [0.29, 0.717) is 13.1 Å². The summed E-state index contributed by atoms with van der Waals surface area (Å²) in [6.45, 7) is 5.20. The molecule has 2 N–H and O–H groups in total. The van der Waals surface area contributed by atoms with E-state index >= 15 is 0 Å². The Morgan fingerprint density at radius 2 is 1.36 bits per heavy atom. The Labute approximate surface area is 137 Å². The average molecular weight is 315 g/mol. The largest absolute Gasteiger partial charge is 0.468 e. The average Bonchev–Trinajstić information content (AvgIpc) is 2.53. The summed E-state index contributed by atoms with van der Waals surface area (Å²) >= 11 is 0. The van der Waals surface area contributed by atoms with Gasteiger partial charge in [-0.25, -0.2) is 0 Å². The molecule has 4 nitrogen and oxygen atoms in total. The fourth-order valence-electron chi connectivity index (χ4n) is 2.65. The van der Waals surface area contributed by atoms with Crippen LogP contribution in [0.25, 0.3) is 0 Å². The SMILES string of the molecule is CCCCCCCCCCCCN(CCCN)CC(=O)OC. The molecule has 0 heterocycles. The fraction of sp³-hybridized carbons (Fsp3) is 0.944. The number of carbonyl (C=O) groups is 1. The molecule has 4 heteroatoms. The molecule has 0 aromatic rings. The smallest absolute Gasteiger partial charge is 0.319 e. The van der Waals surface area contributed by atoms with Crippen molar-refractivity contribution in [2.24, 2.45) is 5.73 Å². The Morgan fingerprint density at radius 1 is 0.864 bits per heavy atom. The first-order valence-electron chi connectivity index (χ1n) is 9.23. The van der Waals surface area contributed by atoms with Gasteiger partial charge in [0.2, 0.25) is 0 Å². The molecule has 0 rings (SSSR count). The number of nitrogens with zero attached hydrogens (tertiary/aromatic N) is 1. The number of rotatable bonds is 16. The van der Waals surface area contributed by atoms with Crippen molar-refractivity contribution in [2.75, 3.05) is 33.3 Å². The Bertz CT molecular complexity index is 247. The fourth-order valence-corrected chi connectivity index (χ4v) is 2.65. The molecule has 0 saturated carbocycles. The number of ether oxygens (including phenoxy) is 1. The highest BCUT2D eigenvalue weighted by atomic mass is 16.5. The van der Waals surface area contributed by atoms with Crippen LogP contribution in [0.1, 0.15) is 77.6 Å². The van der Waals surface area contributed by atoms with E-state index in [4.69, 9.17) is 10.5 Å². The summed E-state index contributed by atoms with van der Waals surface area (Å²) in [4.78, 5) is 13.5. The minimum atomic E-state index is -0.149. The van der Waals surface area contributed by atoms with Gasteiger partial charge in [-0.05, 0) is 32.5 Å². The van der Waals surface area contributed by atoms with Gasteiger partial charge in [-0.2, -0.15) is 0 Å². The number of hydrogen-bond donors (Lipinski definition) is 1. The first kappa shape index (κ1) is 21.4. The molecule has 22 heavy (non-hydrogen) atoms. The van der Waals surface area contributed by atoms with Gasteiger partial charge < -0.3 is 10.5 Å². The van der Waals surface area contributed by atoms with Crippen molar-refractivity contribution in [3.63, 3.8) is 0 Å². The molecule has 0 aromatic carbocycles. The van der Waals surface area contributed by atoms with Crippen LogP contribution in [-0.4, -0.2) is 44.2 Å². The first-order chi connectivity index (χ1) is 10.7.